The van der Waals surface area contributed by atoms with Crippen molar-refractivity contribution < 1.29 is 4.79 Å². The monoisotopic (exact) mass is 261 g/mol. The van der Waals surface area contributed by atoms with Gasteiger partial charge in [-0.3, -0.25) is 9.69 Å². The number of likely N-dealkylation sites (tertiary alicyclic amines) is 1. The fourth-order valence-electron chi connectivity index (χ4n) is 2.70. The molecule has 104 valence electrons. The summed E-state index contributed by atoms with van der Waals surface area (Å²) in [7, 11) is 0. The first-order valence-electron chi connectivity index (χ1n) is 7.12. The predicted molar refractivity (Wildman–Crippen MR) is 77.2 cm³/mol. The molecule has 0 bridgehead atoms. The number of carbonyl (C=O) groups excluding carboxylic acids is 1. The molecule has 0 atom stereocenters. The molecule has 0 aromatic rings. The Balaban J connectivity index is 1.90. The third-order valence-electron chi connectivity index (χ3n) is 4.00. The summed E-state index contributed by atoms with van der Waals surface area (Å²) in [6, 6.07) is 0. The van der Waals surface area contributed by atoms with Crippen molar-refractivity contribution in [1.29, 1.82) is 5.41 Å². The molecule has 1 fully saturated rings. The van der Waals surface area contributed by atoms with E-state index in [-0.39, 0.29) is 11.8 Å². The number of carbonyl (C=O) groups is 1. The molecular weight excluding hydrogens is 238 g/mol. The van der Waals surface area contributed by atoms with E-state index in [1.54, 1.807) is 0 Å². The normalized spacial score (nSPS) is 25.5. The van der Waals surface area contributed by atoms with Gasteiger partial charge in [-0.05, 0) is 50.8 Å². The Morgan fingerprint density at radius 2 is 2.16 bits per heavy atom. The minimum atomic E-state index is -0.166. The van der Waals surface area contributed by atoms with Gasteiger partial charge in [0, 0.05) is 18.2 Å². The van der Waals surface area contributed by atoms with Crippen molar-refractivity contribution in [3.8, 4) is 0 Å². The van der Waals surface area contributed by atoms with Crippen molar-refractivity contribution in [2.24, 2.45) is 11.7 Å². The minimum Gasteiger partial charge on any atom is -0.369 e. The Bertz CT molecular complexity index is 404. The molecule has 1 aliphatic carbocycles. The van der Waals surface area contributed by atoms with E-state index in [9.17, 15) is 4.79 Å². The van der Waals surface area contributed by atoms with Crippen LogP contribution in [0.2, 0.25) is 0 Å². The van der Waals surface area contributed by atoms with E-state index in [4.69, 9.17) is 11.1 Å². The lowest BCUT2D eigenvalue weighted by atomic mass is 9.95. The van der Waals surface area contributed by atoms with Crippen LogP contribution in [0.1, 0.15) is 32.1 Å². The van der Waals surface area contributed by atoms with Crippen LogP contribution in [-0.2, 0) is 4.79 Å². The van der Waals surface area contributed by atoms with Gasteiger partial charge in [0.25, 0.3) is 0 Å². The number of primary amides is 1. The zero-order valence-electron chi connectivity index (χ0n) is 11.4. The van der Waals surface area contributed by atoms with Crippen LogP contribution >= 0.6 is 0 Å². The van der Waals surface area contributed by atoms with Gasteiger partial charge >= 0.3 is 0 Å². The van der Waals surface area contributed by atoms with Gasteiger partial charge < -0.3 is 11.1 Å². The van der Waals surface area contributed by atoms with Crippen LogP contribution in [0, 0.1) is 11.3 Å². The number of allylic oxidation sites excluding steroid dienone is 3. The summed E-state index contributed by atoms with van der Waals surface area (Å²) in [5, 5.41) is 8.11. The highest BCUT2D eigenvalue weighted by atomic mass is 16.1. The number of nitrogens with one attached hydrogen (secondary N) is 1. The van der Waals surface area contributed by atoms with Crippen molar-refractivity contribution in [1.82, 2.24) is 4.90 Å². The molecule has 0 aromatic heterocycles. The number of hydrogen-bond acceptors (Lipinski definition) is 3. The van der Waals surface area contributed by atoms with Gasteiger partial charge in [-0.2, -0.15) is 0 Å². The summed E-state index contributed by atoms with van der Waals surface area (Å²) in [6.45, 7) is 2.64. The lowest BCUT2D eigenvalue weighted by Gasteiger charge is -2.31. The van der Waals surface area contributed by atoms with Crippen molar-refractivity contribution in [3.63, 3.8) is 0 Å². The third-order valence-corrected chi connectivity index (χ3v) is 4.00. The summed E-state index contributed by atoms with van der Waals surface area (Å²) >= 11 is 0. The first-order valence-corrected chi connectivity index (χ1v) is 7.12. The molecule has 4 nitrogen and oxygen atoms in total. The smallest absolute Gasteiger partial charge is 0.220 e. The molecule has 0 spiro atoms. The lowest BCUT2D eigenvalue weighted by Crippen LogP contribution is -2.39. The second-order valence-electron chi connectivity index (χ2n) is 5.44. The van der Waals surface area contributed by atoms with E-state index >= 15 is 0 Å². The van der Waals surface area contributed by atoms with Crippen LogP contribution in [0.15, 0.2) is 23.8 Å². The Morgan fingerprint density at radius 3 is 2.84 bits per heavy atom. The molecule has 19 heavy (non-hydrogen) atoms. The van der Waals surface area contributed by atoms with Crippen LogP contribution in [0.3, 0.4) is 0 Å². The lowest BCUT2D eigenvalue weighted by molar-refractivity contribution is -0.123. The number of amides is 1. The van der Waals surface area contributed by atoms with Crippen molar-refractivity contribution >= 4 is 11.6 Å². The first kappa shape index (κ1) is 14.0. The Kier molecular flexibility index (Phi) is 4.91. The predicted octanol–water partition coefficient (Wildman–Crippen LogP) is 1.87. The van der Waals surface area contributed by atoms with Gasteiger partial charge in [-0.1, -0.05) is 18.2 Å². The highest BCUT2D eigenvalue weighted by molar-refractivity contribution is 5.98. The highest BCUT2D eigenvalue weighted by Crippen LogP contribution is 2.19. The average Bonchev–Trinajstić information content (AvgIpc) is 2.39. The van der Waals surface area contributed by atoms with Crippen molar-refractivity contribution in [2.75, 3.05) is 19.6 Å². The van der Waals surface area contributed by atoms with Gasteiger partial charge in [0.05, 0.1) is 0 Å². The fourth-order valence-corrected chi connectivity index (χ4v) is 2.70. The van der Waals surface area contributed by atoms with Crippen LogP contribution < -0.4 is 5.73 Å². The zero-order valence-corrected chi connectivity index (χ0v) is 11.4. The number of hydrogen-bond donors (Lipinski definition) is 2. The Labute approximate surface area is 114 Å². The van der Waals surface area contributed by atoms with Gasteiger partial charge in [0.15, 0.2) is 0 Å². The summed E-state index contributed by atoms with van der Waals surface area (Å²) < 4.78 is 0. The molecule has 3 N–H and O–H groups in total. The Hall–Kier alpha value is -1.42. The summed E-state index contributed by atoms with van der Waals surface area (Å²) in [6.07, 6.45) is 11.0. The van der Waals surface area contributed by atoms with Gasteiger partial charge in [-0.15, -0.1) is 0 Å². The molecule has 1 heterocycles. The maximum absolute atomic E-state index is 11.1. The molecule has 0 unspecified atom stereocenters. The number of nitrogens with two attached hydrogens (primary N) is 1. The summed E-state index contributed by atoms with van der Waals surface area (Å²) in [5.41, 5.74) is 7.23. The van der Waals surface area contributed by atoms with E-state index < -0.39 is 0 Å². The summed E-state index contributed by atoms with van der Waals surface area (Å²) in [4.78, 5) is 13.5. The Morgan fingerprint density at radius 1 is 1.42 bits per heavy atom. The topological polar surface area (TPSA) is 70.2 Å². The van der Waals surface area contributed by atoms with Crippen LogP contribution in [0.5, 0.6) is 0 Å². The van der Waals surface area contributed by atoms with E-state index in [0.717, 1.165) is 63.0 Å². The maximum atomic E-state index is 11.1. The molecule has 0 aromatic carbocycles. The van der Waals surface area contributed by atoms with Crippen molar-refractivity contribution in [3.05, 3.63) is 23.8 Å². The molecule has 0 radical (unpaired) electrons. The van der Waals surface area contributed by atoms with E-state index in [2.05, 4.69) is 23.1 Å². The third kappa shape index (κ3) is 4.03. The molecular formula is C15H23N3O. The van der Waals surface area contributed by atoms with E-state index in [1.807, 2.05) is 0 Å². The molecule has 1 amide bonds. The highest BCUT2D eigenvalue weighted by Gasteiger charge is 2.23. The second-order valence-corrected chi connectivity index (χ2v) is 5.44. The number of piperidine rings is 1. The average molecular weight is 261 g/mol. The molecule has 1 aliphatic heterocycles. The fraction of sp³-hybridized carbons (Fsp3) is 0.600. The van der Waals surface area contributed by atoms with Gasteiger partial charge in [0.2, 0.25) is 5.91 Å². The van der Waals surface area contributed by atoms with Crippen LogP contribution in [0.4, 0.5) is 0 Å². The second kappa shape index (κ2) is 6.66. The molecule has 2 rings (SSSR count). The number of nitrogens with zero attached hydrogens (tertiary/aromatic N) is 1. The van der Waals surface area contributed by atoms with Gasteiger partial charge in [0.1, 0.15) is 0 Å². The zero-order chi connectivity index (χ0) is 13.7. The largest absolute Gasteiger partial charge is 0.369 e. The molecule has 0 saturated carbocycles. The quantitative estimate of drug-likeness (QED) is 0.814. The molecule has 2 aliphatic rings. The number of rotatable bonds is 3. The maximum Gasteiger partial charge on any atom is 0.220 e. The van der Waals surface area contributed by atoms with Crippen LogP contribution in [-0.4, -0.2) is 36.2 Å². The summed E-state index contributed by atoms with van der Waals surface area (Å²) in [5.74, 6) is -0.123. The van der Waals surface area contributed by atoms with Crippen molar-refractivity contribution in [2.45, 2.75) is 32.1 Å². The molecule has 1 saturated heterocycles. The van der Waals surface area contributed by atoms with Gasteiger partial charge in [-0.25, -0.2) is 0 Å². The standard InChI is InChI=1S/C15H23N3O/c16-14-6-4-2-1-3-5-13(14)11-18-9-7-12(8-10-18)15(17)19/h1,3,5,12,16H,2,4,6-11H2,(H2,17,19)/b3-1?,13-5-,16-14?. The SMILES string of the molecule is N=C1CCCC=C/C=C\1CN1CCC(C(N)=O)CC1. The van der Waals surface area contributed by atoms with E-state index in [0.29, 0.717) is 0 Å². The van der Waals surface area contributed by atoms with Crippen LogP contribution in [0.25, 0.3) is 0 Å². The van der Waals surface area contributed by atoms with E-state index in [1.165, 1.54) is 0 Å². The molecule has 4 heteroatoms. The first-order chi connectivity index (χ1) is 9.16. The minimum absolute atomic E-state index is 0.0434.